The van der Waals surface area contributed by atoms with Crippen LogP contribution in [0.15, 0.2) is 24.3 Å². The Bertz CT molecular complexity index is 321. The van der Waals surface area contributed by atoms with E-state index in [4.69, 9.17) is 9.47 Å². The molecule has 0 amide bonds. The molecule has 0 saturated carbocycles. The second kappa shape index (κ2) is 5.87. The van der Waals surface area contributed by atoms with E-state index >= 15 is 0 Å². The molecule has 0 bridgehead atoms. The van der Waals surface area contributed by atoms with Crippen LogP contribution < -0.4 is 10.1 Å². The Morgan fingerprint density at radius 2 is 2.38 bits per heavy atom. The molecule has 0 spiro atoms. The second-order valence-corrected chi connectivity index (χ2v) is 4.01. The van der Waals surface area contributed by atoms with Gasteiger partial charge < -0.3 is 14.8 Å². The fourth-order valence-electron chi connectivity index (χ4n) is 1.88. The van der Waals surface area contributed by atoms with Gasteiger partial charge in [-0.2, -0.15) is 0 Å². The van der Waals surface area contributed by atoms with Gasteiger partial charge >= 0.3 is 0 Å². The quantitative estimate of drug-likeness (QED) is 0.824. The third-order valence-electron chi connectivity index (χ3n) is 2.71. The van der Waals surface area contributed by atoms with Crippen molar-refractivity contribution in [2.75, 3.05) is 19.7 Å². The van der Waals surface area contributed by atoms with Gasteiger partial charge in [-0.15, -0.1) is 0 Å². The average Bonchev–Trinajstić information content (AvgIpc) is 2.80. The molecule has 0 aliphatic carbocycles. The van der Waals surface area contributed by atoms with Crippen LogP contribution in [-0.4, -0.2) is 25.8 Å². The summed E-state index contributed by atoms with van der Waals surface area (Å²) in [5.41, 5.74) is 1.18. The minimum atomic E-state index is 0.371. The molecular formula is C13H19NO2. The molecule has 3 nitrogen and oxygen atoms in total. The normalized spacial score (nSPS) is 19.9. The van der Waals surface area contributed by atoms with Gasteiger partial charge in [0.2, 0.25) is 0 Å². The zero-order valence-corrected chi connectivity index (χ0v) is 9.74. The van der Waals surface area contributed by atoms with Crippen molar-refractivity contribution in [2.45, 2.75) is 26.1 Å². The standard InChI is InChI=1S/C13H19NO2/c1-2-15-12-5-3-4-11(8-12)10-16-13-6-7-14-9-13/h3-5,8,13-14H,2,6-7,9-10H2,1H3. The molecule has 1 aromatic carbocycles. The summed E-state index contributed by atoms with van der Waals surface area (Å²) in [6.07, 6.45) is 1.49. The van der Waals surface area contributed by atoms with Gasteiger partial charge in [-0.25, -0.2) is 0 Å². The minimum Gasteiger partial charge on any atom is -0.494 e. The van der Waals surface area contributed by atoms with Crippen LogP contribution >= 0.6 is 0 Å². The topological polar surface area (TPSA) is 30.5 Å². The Kier molecular flexibility index (Phi) is 4.19. The van der Waals surface area contributed by atoms with E-state index in [1.54, 1.807) is 0 Å². The van der Waals surface area contributed by atoms with Crippen molar-refractivity contribution >= 4 is 0 Å². The van der Waals surface area contributed by atoms with Gasteiger partial charge in [0.05, 0.1) is 19.3 Å². The molecule has 1 aliphatic heterocycles. The highest BCUT2D eigenvalue weighted by molar-refractivity contribution is 5.28. The van der Waals surface area contributed by atoms with E-state index in [2.05, 4.69) is 11.4 Å². The lowest BCUT2D eigenvalue weighted by Gasteiger charge is -2.11. The van der Waals surface area contributed by atoms with Crippen LogP contribution in [0.2, 0.25) is 0 Å². The summed E-state index contributed by atoms with van der Waals surface area (Å²) in [5.74, 6) is 0.924. The Balaban J connectivity index is 1.85. The summed E-state index contributed by atoms with van der Waals surface area (Å²) < 4.78 is 11.3. The van der Waals surface area contributed by atoms with Gasteiger partial charge in [-0.05, 0) is 37.6 Å². The zero-order chi connectivity index (χ0) is 11.2. The number of ether oxygens (including phenoxy) is 2. The molecule has 0 radical (unpaired) electrons. The van der Waals surface area contributed by atoms with Gasteiger partial charge in [0.15, 0.2) is 0 Å². The van der Waals surface area contributed by atoms with Gasteiger partial charge in [-0.1, -0.05) is 12.1 Å². The van der Waals surface area contributed by atoms with Crippen LogP contribution in [0.3, 0.4) is 0 Å². The highest BCUT2D eigenvalue weighted by atomic mass is 16.5. The Morgan fingerprint density at radius 1 is 1.44 bits per heavy atom. The maximum atomic E-state index is 5.80. The maximum Gasteiger partial charge on any atom is 0.119 e. The molecule has 1 N–H and O–H groups in total. The lowest BCUT2D eigenvalue weighted by Crippen LogP contribution is -2.16. The molecule has 1 fully saturated rings. The van der Waals surface area contributed by atoms with E-state index in [0.29, 0.717) is 19.3 Å². The molecule has 1 aliphatic rings. The van der Waals surface area contributed by atoms with Gasteiger partial charge in [0, 0.05) is 6.54 Å². The summed E-state index contributed by atoms with van der Waals surface area (Å²) in [7, 11) is 0. The highest BCUT2D eigenvalue weighted by Gasteiger charge is 2.14. The number of benzene rings is 1. The summed E-state index contributed by atoms with van der Waals surface area (Å²) >= 11 is 0. The first kappa shape index (κ1) is 11.4. The Hall–Kier alpha value is -1.06. The van der Waals surface area contributed by atoms with Crippen molar-refractivity contribution in [3.8, 4) is 5.75 Å². The maximum absolute atomic E-state index is 5.80. The summed E-state index contributed by atoms with van der Waals surface area (Å²) in [6, 6.07) is 8.11. The predicted octanol–water partition coefficient (Wildman–Crippen LogP) is 1.96. The fourth-order valence-corrected chi connectivity index (χ4v) is 1.88. The summed E-state index contributed by atoms with van der Waals surface area (Å²) in [4.78, 5) is 0. The van der Waals surface area contributed by atoms with Crippen LogP contribution in [0.25, 0.3) is 0 Å². The first-order valence-electron chi connectivity index (χ1n) is 5.92. The molecule has 0 aromatic heterocycles. The fraction of sp³-hybridized carbons (Fsp3) is 0.538. The van der Waals surface area contributed by atoms with E-state index in [0.717, 1.165) is 25.3 Å². The first-order chi connectivity index (χ1) is 7.88. The van der Waals surface area contributed by atoms with Crippen LogP contribution in [0, 0.1) is 0 Å². The molecule has 88 valence electrons. The van der Waals surface area contributed by atoms with Crippen LogP contribution in [0.4, 0.5) is 0 Å². The lowest BCUT2D eigenvalue weighted by atomic mass is 10.2. The Labute approximate surface area is 96.8 Å². The molecule has 3 heteroatoms. The largest absolute Gasteiger partial charge is 0.494 e. The molecule has 1 saturated heterocycles. The van der Waals surface area contributed by atoms with Crippen molar-refractivity contribution in [2.24, 2.45) is 0 Å². The number of nitrogens with one attached hydrogen (secondary N) is 1. The van der Waals surface area contributed by atoms with Crippen molar-refractivity contribution in [1.29, 1.82) is 0 Å². The third-order valence-corrected chi connectivity index (χ3v) is 2.71. The second-order valence-electron chi connectivity index (χ2n) is 4.01. The zero-order valence-electron chi connectivity index (χ0n) is 9.74. The van der Waals surface area contributed by atoms with Crippen molar-refractivity contribution < 1.29 is 9.47 Å². The van der Waals surface area contributed by atoms with E-state index in [-0.39, 0.29) is 0 Å². The number of rotatable bonds is 5. The summed E-state index contributed by atoms with van der Waals surface area (Å²) in [6.45, 7) is 5.42. The lowest BCUT2D eigenvalue weighted by molar-refractivity contribution is 0.0541. The SMILES string of the molecule is CCOc1cccc(COC2CCNC2)c1. The molecule has 1 heterocycles. The van der Waals surface area contributed by atoms with Crippen LogP contribution in [0.1, 0.15) is 18.9 Å². The molecule has 16 heavy (non-hydrogen) atoms. The van der Waals surface area contributed by atoms with Gasteiger partial charge in [0.25, 0.3) is 0 Å². The van der Waals surface area contributed by atoms with E-state index in [1.807, 2.05) is 25.1 Å². The van der Waals surface area contributed by atoms with E-state index in [1.165, 1.54) is 5.56 Å². The average molecular weight is 221 g/mol. The Morgan fingerprint density at radius 3 is 3.12 bits per heavy atom. The summed E-state index contributed by atoms with van der Waals surface area (Å²) in [5, 5.41) is 3.29. The van der Waals surface area contributed by atoms with Gasteiger partial charge in [-0.3, -0.25) is 0 Å². The molecular weight excluding hydrogens is 202 g/mol. The smallest absolute Gasteiger partial charge is 0.119 e. The monoisotopic (exact) mass is 221 g/mol. The van der Waals surface area contributed by atoms with Crippen LogP contribution in [0.5, 0.6) is 5.75 Å². The van der Waals surface area contributed by atoms with E-state index < -0.39 is 0 Å². The molecule has 1 unspecified atom stereocenters. The van der Waals surface area contributed by atoms with Gasteiger partial charge in [0.1, 0.15) is 5.75 Å². The number of hydrogen-bond acceptors (Lipinski definition) is 3. The predicted molar refractivity (Wildman–Crippen MR) is 63.7 cm³/mol. The van der Waals surface area contributed by atoms with Crippen molar-refractivity contribution in [1.82, 2.24) is 5.32 Å². The van der Waals surface area contributed by atoms with Crippen LogP contribution in [-0.2, 0) is 11.3 Å². The molecule has 1 aromatic rings. The number of hydrogen-bond donors (Lipinski definition) is 1. The third kappa shape index (κ3) is 3.22. The van der Waals surface area contributed by atoms with E-state index in [9.17, 15) is 0 Å². The minimum absolute atomic E-state index is 0.371. The first-order valence-corrected chi connectivity index (χ1v) is 5.92. The molecule has 2 rings (SSSR count). The van der Waals surface area contributed by atoms with Crippen molar-refractivity contribution in [3.63, 3.8) is 0 Å². The molecule has 1 atom stereocenters. The van der Waals surface area contributed by atoms with Crippen molar-refractivity contribution in [3.05, 3.63) is 29.8 Å². The highest BCUT2D eigenvalue weighted by Crippen LogP contribution is 2.15.